The summed E-state index contributed by atoms with van der Waals surface area (Å²) in [6.45, 7) is 0.533. The molecule has 0 unspecified atom stereocenters. The lowest BCUT2D eigenvalue weighted by atomic mass is 10.1. The summed E-state index contributed by atoms with van der Waals surface area (Å²) in [5.41, 5.74) is 2.30. The molecule has 5 rings (SSSR count). The van der Waals surface area contributed by atoms with Gasteiger partial charge < -0.3 is 14.2 Å². The highest BCUT2D eigenvalue weighted by Crippen LogP contribution is 2.30. The number of ether oxygens (including phenoxy) is 3. The third-order valence-corrected chi connectivity index (χ3v) is 7.08. The topological polar surface area (TPSA) is 94.2 Å². The molecule has 212 valence electrons. The van der Waals surface area contributed by atoms with Crippen molar-refractivity contribution in [3.63, 3.8) is 0 Å². The molecular weight excluding hydrogens is 624 g/mol. The molecule has 0 atom stereocenters. The van der Waals surface area contributed by atoms with E-state index < -0.39 is 17.8 Å². The molecule has 10 heteroatoms. The number of hydrogen-bond acceptors (Lipinski definition) is 6. The lowest BCUT2D eigenvalue weighted by Gasteiger charge is -2.26. The molecule has 1 aliphatic heterocycles. The van der Waals surface area contributed by atoms with E-state index in [-0.39, 0.29) is 17.9 Å². The highest BCUT2D eigenvalue weighted by Gasteiger charge is 2.37. The monoisotopic (exact) mass is 646 g/mol. The van der Waals surface area contributed by atoms with Gasteiger partial charge in [0.15, 0.2) is 0 Å². The van der Waals surface area contributed by atoms with E-state index in [0.717, 1.165) is 20.5 Å². The van der Waals surface area contributed by atoms with Gasteiger partial charge in [-0.25, -0.2) is 9.69 Å². The van der Waals surface area contributed by atoms with Gasteiger partial charge in [-0.1, -0.05) is 51.8 Å². The Morgan fingerprint density at radius 3 is 2.26 bits per heavy atom. The average Bonchev–Trinajstić information content (AvgIpc) is 2.99. The van der Waals surface area contributed by atoms with Gasteiger partial charge in [0.05, 0.1) is 12.8 Å². The Hall–Kier alpha value is -4.60. The van der Waals surface area contributed by atoms with E-state index in [1.807, 2.05) is 36.4 Å². The van der Waals surface area contributed by atoms with E-state index in [2.05, 4.69) is 21.2 Å². The van der Waals surface area contributed by atoms with E-state index in [4.69, 9.17) is 25.8 Å². The molecule has 42 heavy (non-hydrogen) atoms. The van der Waals surface area contributed by atoms with Crippen LogP contribution in [0.4, 0.5) is 10.5 Å². The molecule has 0 spiro atoms. The van der Waals surface area contributed by atoms with Crippen molar-refractivity contribution in [1.82, 2.24) is 5.32 Å². The molecule has 1 N–H and O–H groups in total. The number of rotatable bonds is 9. The van der Waals surface area contributed by atoms with Crippen LogP contribution in [0.2, 0.25) is 5.02 Å². The van der Waals surface area contributed by atoms with Crippen LogP contribution in [0.5, 0.6) is 17.2 Å². The smallest absolute Gasteiger partial charge is 0.335 e. The first-order valence-electron chi connectivity index (χ1n) is 12.7. The number of carbonyl (C=O) groups excluding carboxylic acids is 3. The number of carbonyl (C=O) groups is 3. The van der Waals surface area contributed by atoms with Crippen LogP contribution in [0.3, 0.4) is 0 Å². The number of methoxy groups -OCH3 is 1. The molecule has 1 saturated heterocycles. The fourth-order valence-electron chi connectivity index (χ4n) is 4.16. The van der Waals surface area contributed by atoms with E-state index >= 15 is 0 Å². The van der Waals surface area contributed by atoms with E-state index in [1.54, 1.807) is 54.6 Å². The largest absolute Gasteiger partial charge is 0.497 e. The van der Waals surface area contributed by atoms with Gasteiger partial charge in [-0.3, -0.25) is 14.9 Å². The number of benzene rings is 4. The summed E-state index contributed by atoms with van der Waals surface area (Å²) in [5, 5.41) is 2.82. The minimum absolute atomic E-state index is 0.185. The molecule has 8 nitrogen and oxygen atoms in total. The number of nitrogens with zero attached hydrogens (tertiary/aromatic N) is 1. The van der Waals surface area contributed by atoms with Crippen LogP contribution < -0.4 is 24.4 Å². The second kappa shape index (κ2) is 12.9. The molecule has 4 aromatic rings. The normalized spacial score (nSPS) is 14.1. The molecule has 1 aliphatic rings. The van der Waals surface area contributed by atoms with Gasteiger partial charge >= 0.3 is 6.03 Å². The molecule has 0 radical (unpaired) electrons. The number of anilines is 1. The second-order valence-electron chi connectivity index (χ2n) is 9.19. The first-order valence-corrected chi connectivity index (χ1v) is 13.9. The zero-order valence-electron chi connectivity index (χ0n) is 22.3. The fourth-order valence-corrected chi connectivity index (χ4v) is 4.64. The number of hydrogen-bond donors (Lipinski definition) is 1. The zero-order valence-corrected chi connectivity index (χ0v) is 24.6. The summed E-state index contributed by atoms with van der Waals surface area (Å²) in [6.07, 6.45) is 1.39. The average molecular weight is 648 g/mol. The second-order valence-corrected chi connectivity index (χ2v) is 10.5. The van der Waals surface area contributed by atoms with Crippen LogP contribution in [0.1, 0.15) is 16.7 Å². The summed E-state index contributed by atoms with van der Waals surface area (Å²) in [4.78, 5) is 39.9. The van der Waals surface area contributed by atoms with Crippen molar-refractivity contribution >= 4 is 57.1 Å². The third-order valence-electron chi connectivity index (χ3n) is 6.32. The van der Waals surface area contributed by atoms with Crippen molar-refractivity contribution in [3.05, 3.63) is 123 Å². The highest BCUT2D eigenvalue weighted by atomic mass is 79.9. The number of halogens is 2. The maximum absolute atomic E-state index is 13.5. The number of imide groups is 2. The van der Waals surface area contributed by atoms with Gasteiger partial charge in [0.25, 0.3) is 11.8 Å². The molecule has 0 bridgehead atoms. The zero-order chi connectivity index (χ0) is 29.6. The van der Waals surface area contributed by atoms with E-state index in [1.165, 1.54) is 13.2 Å². The van der Waals surface area contributed by atoms with Crippen LogP contribution in [0.15, 0.2) is 101 Å². The van der Waals surface area contributed by atoms with Crippen molar-refractivity contribution in [3.8, 4) is 17.2 Å². The minimum Gasteiger partial charge on any atom is -0.497 e. The van der Waals surface area contributed by atoms with Gasteiger partial charge in [-0.05, 0) is 77.9 Å². The van der Waals surface area contributed by atoms with Crippen LogP contribution in [-0.2, 0) is 22.8 Å². The Bertz CT molecular complexity index is 1670. The van der Waals surface area contributed by atoms with E-state index in [0.29, 0.717) is 34.4 Å². The lowest BCUT2D eigenvalue weighted by Crippen LogP contribution is -2.54. The fraction of sp³-hybridized carbons (Fsp3) is 0.0938. The molecular formula is C32H24BrClN2O6. The SMILES string of the molecule is COc1ccc(/C=C2\C(=O)NC(=O)N(c3ccc(OCc4ccc(Br)cc4)cc3)C2=O)c(OCc2cccc(Cl)c2)c1. The van der Waals surface area contributed by atoms with Crippen molar-refractivity contribution in [1.29, 1.82) is 0 Å². The maximum atomic E-state index is 13.5. The Labute approximate surface area is 255 Å². The highest BCUT2D eigenvalue weighted by molar-refractivity contribution is 9.10. The Balaban J connectivity index is 1.36. The minimum atomic E-state index is -0.849. The molecule has 4 aromatic carbocycles. The predicted molar refractivity (Wildman–Crippen MR) is 163 cm³/mol. The number of amides is 4. The Morgan fingerprint density at radius 2 is 1.55 bits per heavy atom. The van der Waals surface area contributed by atoms with Gasteiger partial charge in [0.1, 0.15) is 36.0 Å². The number of urea groups is 1. The van der Waals surface area contributed by atoms with Crippen LogP contribution in [0, 0.1) is 0 Å². The molecule has 1 heterocycles. The Kier molecular flexibility index (Phi) is 8.90. The molecule has 4 amide bonds. The van der Waals surface area contributed by atoms with Crippen molar-refractivity contribution in [2.75, 3.05) is 12.0 Å². The van der Waals surface area contributed by atoms with E-state index in [9.17, 15) is 14.4 Å². The van der Waals surface area contributed by atoms with Crippen LogP contribution >= 0.6 is 27.5 Å². The summed E-state index contributed by atoms with van der Waals surface area (Å²) >= 11 is 9.49. The molecule has 0 saturated carbocycles. The summed E-state index contributed by atoms with van der Waals surface area (Å²) < 4.78 is 18.1. The summed E-state index contributed by atoms with van der Waals surface area (Å²) in [6, 6.07) is 25.6. The quantitative estimate of drug-likeness (QED) is 0.156. The van der Waals surface area contributed by atoms with Crippen molar-refractivity contribution in [2.24, 2.45) is 0 Å². The van der Waals surface area contributed by atoms with Gasteiger partial charge in [0, 0.05) is 21.1 Å². The van der Waals surface area contributed by atoms with Crippen molar-refractivity contribution in [2.45, 2.75) is 13.2 Å². The van der Waals surface area contributed by atoms with Crippen LogP contribution in [0.25, 0.3) is 6.08 Å². The summed E-state index contributed by atoms with van der Waals surface area (Å²) in [7, 11) is 1.52. The molecule has 1 fully saturated rings. The van der Waals surface area contributed by atoms with Gasteiger partial charge in [-0.2, -0.15) is 0 Å². The molecule has 0 aromatic heterocycles. The first-order chi connectivity index (χ1) is 20.3. The predicted octanol–water partition coefficient (Wildman–Crippen LogP) is 6.94. The lowest BCUT2D eigenvalue weighted by molar-refractivity contribution is -0.122. The number of nitrogens with one attached hydrogen (secondary N) is 1. The molecule has 0 aliphatic carbocycles. The van der Waals surface area contributed by atoms with Crippen LogP contribution in [-0.4, -0.2) is 25.0 Å². The maximum Gasteiger partial charge on any atom is 0.335 e. The van der Waals surface area contributed by atoms with Gasteiger partial charge in [-0.15, -0.1) is 0 Å². The van der Waals surface area contributed by atoms with Gasteiger partial charge in [0.2, 0.25) is 0 Å². The first kappa shape index (κ1) is 28.9. The Morgan fingerprint density at radius 1 is 0.833 bits per heavy atom. The number of barbiturate groups is 1. The third kappa shape index (κ3) is 6.82. The standard InChI is InChI=1S/C32H24BrClN2O6/c1-40-27-12-7-22(29(17-27)42-19-21-3-2-4-24(34)15-21)16-28-30(37)35-32(39)36(31(28)38)25-10-13-26(14-11-25)41-18-20-5-8-23(33)9-6-20/h2-17H,18-19H2,1H3,(H,35,37,39)/b28-16+. The summed E-state index contributed by atoms with van der Waals surface area (Å²) in [5.74, 6) is -0.135. The van der Waals surface area contributed by atoms with Crippen molar-refractivity contribution < 1.29 is 28.6 Å².